The van der Waals surface area contributed by atoms with Gasteiger partial charge in [0.05, 0.1) is 17.1 Å². The van der Waals surface area contributed by atoms with Crippen LogP contribution in [0.15, 0.2) is 5.38 Å². The maximum absolute atomic E-state index is 12.7. The molecule has 3 amide bonds. The van der Waals surface area contributed by atoms with E-state index in [1.807, 2.05) is 0 Å². The van der Waals surface area contributed by atoms with Crippen molar-refractivity contribution in [2.24, 2.45) is 0 Å². The summed E-state index contributed by atoms with van der Waals surface area (Å²) in [5.41, 5.74) is 6.32. The van der Waals surface area contributed by atoms with Crippen LogP contribution in [0.1, 0.15) is 42.6 Å². The van der Waals surface area contributed by atoms with E-state index in [1.54, 1.807) is 24.1 Å². The number of carbonyl (C=O) groups excluding carboxylic acids is 3. The molecule has 3 rings (SSSR count). The van der Waals surface area contributed by atoms with Gasteiger partial charge in [-0.1, -0.05) is 0 Å². The van der Waals surface area contributed by atoms with E-state index < -0.39 is 5.54 Å². The molecule has 2 aliphatic rings. The van der Waals surface area contributed by atoms with Gasteiger partial charge in [-0.3, -0.25) is 19.3 Å². The Labute approximate surface area is 126 Å². The highest BCUT2D eigenvalue weighted by Gasteiger charge is 2.51. The first-order chi connectivity index (χ1) is 9.90. The predicted molar refractivity (Wildman–Crippen MR) is 78.6 cm³/mol. The van der Waals surface area contributed by atoms with Crippen molar-refractivity contribution in [3.63, 3.8) is 0 Å². The molecule has 21 heavy (non-hydrogen) atoms. The molecule has 1 fully saturated rings. The number of likely N-dealkylation sites (N-methyl/N-ethyl adjacent to an activating group) is 1. The standard InChI is InChI=1S/C14H17N3O3S/c1-3-16-10(18)4-5-14(2,13(16)20)17-6-8-9(12(17)19)7-21-11(8)15/h7H,3-6,15H2,1-2H3. The number of likely N-dealkylation sites (tertiary alicyclic amines) is 1. The van der Waals surface area contributed by atoms with Crippen molar-refractivity contribution >= 4 is 34.1 Å². The molecule has 0 spiro atoms. The Balaban J connectivity index is 1.95. The summed E-state index contributed by atoms with van der Waals surface area (Å²) < 4.78 is 0. The molecule has 7 heteroatoms. The molecule has 1 aromatic rings. The van der Waals surface area contributed by atoms with Crippen molar-refractivity contribution in [3.05, 3.63) is 16.5 Å². The van der Waals surface area contributed by atoms with Gasteiger partial charge in [0.15, 0.2) is 0 Å². The fraction of sp³-hybridized carbons (Fsp3) is 0.500. The molecule has 112 valence electrons. The van der Waals surface area contributed by atoms with Crippen molar-refractivity contribution < 1.29 is 14.4 Å². The third-order valence-electron chi connectivity index (χ3n) is 4.46. The van der Waals surface area contributed by atoms with Gasteiger partial charge in [0.2, 0.25) is 5.91 Å². The molecule has 0 aliphatic carbocycles. The van der Waals surface area contributed by atoms with Gasteiger partial charge in [-0.15, -0.1) is 11.3 Å². The number of hydrogen-bond acceptors (Lipinski definition) is 5. The number of imide groups is 1. The minimum Gasteiger partial charge on any atom is -0.390 e. The topological polar surface area (TPSA) is 83.7 Å². The summed E-state index contributed by atoms with van der Waals surface area (Å²) in [6, 6.07) is 0. The molecule has 1 saturated heterocycles. The lowest BCUT2D eigenvalue weighted by Crippen LogP contribution is -2.62. The Hall–Kier alpha value is -1.89. The number of nitrogens with zero attached hydrogens (tertiary/aromatic N) is 2. The van der Waals surface area contributed by atoms with E-state index in [-0.39, 0.29) is 24.1 Å². The van der Waals surface area contributed by atoms with Gasteiger partial charge in [0, 0.05) is 23.9 Å². The minimum absolute atomic E-state index is 0.166. The molecule has 0 saturated carbocycles. The van der Waals surface area contributed by atoms with Gasteiger partial charge in [-0.05, 0) is 20.3 Å². The number of rotatable bonds is 2. The van der Waals surface area contributed by atoms with Crippen molar-refractivity contribution in [1.82, 2.24) is 9.80 Å². The highest BCUT2D eigenvalue weighted by atomic mass is 32.1. The highest BCUT2D eigenvalue weighted by molar-refractivity contribution is 7.14. The summed E-state index contributed by atoms with van der Waals surface area (Å²) >= 11 is 1.35. The van der Waals surface area contributed by atoms with Gasteiger partial charge < -0.3 is 10.6 Å². The maximum atomic E-state index is 12.7. The molecule has 0 bridgehead atoms. The van der Waals surface area contributed by atoms with E-state index in [9.17, 15) is 14.4 Å². The van der Waals surface area contributed by atoms with Crippen molar-refractivity contribution in [2.75, 3.05) is 12.3 Å². The van der Waals surface area contributed by atoms with E-state index in [0.717, 1.165) is 5.56 Å². The molecule has 1 aromatic heterocycles. The molecular formula is C14H17N3O3S. The quantitative estimate of drug-likeness (QED) is 0.833. The van der Waals surface area contributed by atoms with E-state index in [4.69, 9.17) is 5.73 Å². The van der Waals surface area contributed by atoms with Crippen molar-refractivity contribution in [3.8, 4) is 0 Å². The summed E-state index contributed by atoms with van der Waals surface area (Å²) in [5, 5.41) is 2.36. The SMILES string of the molecule is CCN1C(=O)CCC(C)(N2Cc3c(csc3N)C2=O)C1=O. The second kappa shape index (κ2) is 4.56. The van der Waals surface area contributed by atoms with Crippen LogP contribution in [0.2, 0.25) is 0 Å². The number of thiophene rings is 1. The second-order valence-electron chi connectivity index (χ2n) is 5.60. The Kier molecular flexibility index (Phi) is 3.05. The Morgan fingerprint density at radius 2 is 2.10 bits per heavy atom. The van der Waals surface area contributed by atoms with Crippen molar-refractivity contribution in [2.45, 2.75) is 38.8 Å². The zero-order valence-electron chi connectivity index (χ0n) is 12.0. The summed E-state index contributed by atoms with van der Waals surface area (Å²) in [6.45, 7) is 4.19. The van der Waals surface area contributed by atoms with Crippen LogP contribution in [-0.2, 0) is 16.1 Å². The fourth-order valence-corrected chi connectivity index (χ4v) is 3.89. The van der Waals surface area contributed by atoms with E-state index in [2.05, 4.69) is 0 Å². The van der Waals surface area contributed by atoms with Crippen LogP contribution >= 0.6 is 11.3 Å². The first kappa shape index (κ1) is 14.1. The maximum Gasteiger partial charge on any atom is 0.256 e. The predicted octanol–water partition coefficient (Wildman–Crippen LogP) is 1.21. The molecule has 0 aromatic carbocycles. The van der Waals surface area contributed by atoms with E-state index in [1.165, 1.54) is 16.2 Å². The monoisotopic (exact) mass is 307 g/mol. The van der Waals surface area contributed by atoms with Gasteiger partial charge in [-0.25, -0.2) is 0 Å². The minimum atomic E-state index is -0.968. The van der Waals surface area contributed by atoms with Gasteiger partial charge >= 0.3 is 0 Å². The Bertz CT molecular complexity index is 654. The first-order valence-corrected chi connectivity index (χ1v) is 7.80. The van der Waals surface area contributed by atoms with Gasteiger partial charge in [-0.2, -0.15) is 0 Å². The largest absolute Gasteiger partial charge is 0.390 e. The fourth-order valence-electron chi connectivity index (χ4n) is 3.08. The summed E-state index contributed by atoms with van der Waals surface area (Å²) in [4.78, 5) is 39.9. The smallest absolute Gasteiger partial charge is 0.256 e. The zero-order chi connectivity index (χ0) is 15.4. The molecule has 1 atom stereocenters. The Morgan fingerprint density at radius 1 is 1.38 bits per heavy atom. The summed E-state index contributed by atoms with van der Waals surface area (Å²) in [7, 11) is 0. The van der Waals surface area contributed by atoms with Gasteiger partial charge in [0.25, 0.3) is 11.8 Å². The summed E-state index contributed by atoms with van der Waals surface area (Å²) in [6.07, 6.45) is 0.642. The van der Waals surface area contributed by atoms with Crippen LogP contribution < -0.4 is 5.73 Å². The molecule has 1 unspecified atom stereocenters. The normalized spacial score (nSPS) is 25.7. The number of fused-ring (bicyclic) bond motifs is 1. The molecule has 6 nitrogen and oxygen atoms in total. The van der Waals surface area contributed by atoms with Crippen LogP contribution in [-0.4, -0.2) is 39.6 Å². The lowest BCUT2D eigenvalue weighted by atomic mass is 9.87. The number of carbonyl (C=O) groups is 3. The third kappa shape index (κ3) is 1.80. The third-order valence-corrected chi connectivity index (χ3v) is 5.32. The molecule has 3 heterocycles. The second-order valence-corrected chi connectivity index (χ2v) is 6.51. The number of nitrogen functional groups attached to an aromatic ring is 1. The number of anilines is 1. The molecule has 2 N–H and O–H groups in total. The molecule has 0 radical (unpaired) electrons. The van der Waals surface area contributed by atoms with Crippen LogP contribution in [0.3, 0.4) is 0 Å². The Morgan fingerprint density at radius 3 is 2.71 bits per heavy atom. The number of hydrogen-bond donors (Lipinski definition) is 1. The molecule has 2 aliphatic heterocycles. The van der Waals surface area contributed by atoms with Crippen LogP contribution in [0.4, 0.5) is 5.00 Å². The van der Waals surface area contributed by atoms with Crippen LogP contribution in [0.5, 0.6) is 0 Å². The first-order valence-electron chi connectivity index (χ1n) is 6.92. The van der Waals surface area contributed by atoms with Crippen LogP contribution in [0.25, 0.3) is 0 Å². The molecular weight excluding hydrogens is 290 g/mol. The lowest BCUT2D eigenvalue weighted by Gasteiger charge is -2.43. The van der Waals surface area contributed by atoms with Gasteiger partial charge in [0.1, 0.15) is 5.54 Å². The van der Waals surface area contributed by atoms with E-state index >= 15 is 0 Å². The average Bonchev–Trinajstić information content (AvgIpc) is 2.97. The average molecular weight is 307 g/mol. The number of amides is 3. The lowest BCUT2D eigenvalue weighted by molar-refractivity contribution is -0.157. The highest BCUT2D eigenvalue weighted by Crippen LogP contribution is 2.40. The van der Waals surface area contributed by atoms with E-state index in [0.29, 0.717) is 30.1 Å². The number of piperidine rings is 1. The zero-order valence-corrected chi connectivity index (χ0v) is 12.8. The summed E-state index contributed by atoms with van der Waals surface area (Å²) in [5.74, 6) is -0.624. The van der Waals surface area contributed by atoms with Crippen LogP contribution in [0, 0.1) is 0 Å². The number of nitrogens with two attached hydrogens (primary N) is 1. The van der Waals surface area contributed by atoms with Crippen molar-refractivity contribution in [1.29, 1.82) is 0 Å².